The highest BCUT2D eigenvalue weighted by atomic mass is 16.2. The van der Waals surface area contributed by atoms with E-state index < -0.39 is 0 Å². The molecule has 1 amide bonds. The highest BCUT2D eigenvalue weighted by Gasteiger charge is 2.04. The summed E-state index contributed by atoms with van der Waals surface area (Å²) in [5.41, 5.74) is 8.43. The molecule has 0 radical (unpaired) electrons. The van der Waals surface area contributed by atoms with Gasteiger partial charge in [0.2, 0.25) is 5.91 Å². The summed E-state index contributed by atoms with van der Waals surface area (Å²) in [6, 6.07) is 9.27. The Morgan fingerprint density at radius 2 is 2.25 bits per heavy atom. The van der Waals surface area contributed by atoms with Gasteiger partial charge in [-0.05, 0) is 30.7 Å². The molecule has 126 valence electrons. The lowest BCUT2D eigenvalue weighted by molar-refractivity contribution is -0.116. The Bertz CT molecular complexity index is 720. The number of carbonyl (C=O) groups excluding carboxylic acids is 1. The van der Waals surface area contributed by atoms with Crippen molar-refractivity contribution in [3.8, 4) is 0 Å². The topological polar surface area (TPSA) is 97.3 Å². The maximum absolute atomic E-state index is 12.0. The van der Waals surface area contributed by atoms with Gasteiger partial charge in [-0.25, -0.2) is 4.99 Å². The van der Waals surface area contributed by atoms with Gasteiger partial charge in [0.05, 0.1) is 6.54 Å². The molecule has 7 nitrogen and oxygen atoms in total. The Labute approximate surface area is 141 Å². The van der Waals surface area contributed by atoms with E-state index in [0.717, 1.165) is 11.1 Å². The molecular weight excluding hydrogens is 304 g/mol. The van der Waals surface area contributed by atoms with Crippen LogP contribution in [0.1, 0.15) is 12.5 Å². The molecule has 4 N–H and O–H groups in total. The van der Waals surface area contributed by atoms with Crippen LogP contribution in [0.2, 0.25) is 0 Å². The van der Waals surface area contributed by atoms with Crippen molar-refractivity contribution >= 4 is 17.6 Å². The van der Waals surface area contributed by atoms with E-state index in [2.05, 4.69) is 27.3 Å². The van der Waals surface area contributed by atoms with Crippen molar-refractivity contribution in [2.24, 2.45) is 10.7 Å². The van der Waals surface area contributed by atoms with E-state index >= 15 is 0 Å². The van der Waals surface area contributed by atoms with E-state index in [4.69, 9.17) is 5.73 Å². The first-order valence-corrected chi connectivity index (χ1v) is 7.57. The number of benzene rings is 1. The minimum atomic E-state index is -0.137. The number of aromatic nitrogens is 2. The number of hydrogen-bond acceptors (Lipinski definition) is 3. The van der Waals surface area contributed by atoms with Crippen molar-refractivity contribution in [2.75, 3.05) is 11.9 Å². The summed E-state index contributed by atoms with van der Waals surface area (Å²) >= 11 is 0. The van der Waals surface area contributed by atoms with Gasteiger partial charge >= 0.3 is 0 Å². The Morgan fingerprint density at radius 3 is 2.96 bits per heavy atom. The van der Waals surface area contributed by atoms with Crippen LogP contribution < -0.4 is 16.4 Å². The van der Waals surface area contributed by atoms with Crippen molar-refractivity contribution in [3.63, 3.8) is 0 Å². The number of hydrogen-bond donors (Lipinski definition) is 3. The van der Waals surface area contributed by atoms with Crippen LogP contribution in [-0.4, -0.2) is 28.2 Å². The first-order valence-electron chi connectivity index (χ1n) is 7.57. The maximum atomic E-state index is 12.0. The number of amides is 1. The van der Waals surface area contributed by atoms with Crippen molar-refractivity contribution < 1.29 is 4.79 Å². The summed E-state index contributed by atoms with van der Waals surface area (Å²) in [5, 5.41) is 9.82. The fourth-order valence-electron chi connectivity index (χ4n) is 1.96. The number of nitrogens with two attached hydrogens (primary N) is 1. The quantitative estimate of drug-likeness (QED) is 0.408. The van der Waals surface area contributed by atoms with Gasteiger partial charge in [-0.3, -0.25) is 9.48 Å². The van der Waals surface area contributed by atoms with Gasteiger partial charge in [0.1, 0.15) is 6.54 Å². The van der Waals surface area contributed by atoms with E-state index in [0.29, 0.717) is 24.7 Å². The fourth-order valence-corrected chi connectivity index (χ4v) is 1.96. The molecule has 0 saturated carbocycles. The SMILES string of the molecule is C=C(C)CNC(N)=NCc1cccc(NC(=O)Cn2cccn2)c1. The van der Waals surface area contributed by atoms with E-state index in [-0.39, 0.29) is 12.5 Å². The third kappa shape index (κ3) is 5.96. The van der Waals surface area contributed by atoms with E-state index in [1.54, 1.807) is 23.1 Å². The largest absolute Gasteiger partial charge is 0.370 e. The number of carbonyl (C=O) groups is 1. The molecule has 0 saturated heterocycles. The third-order valence-electron chi connectivity index (χ3n) is 3.08. The average molecular weight is 326 g/mol. The van der Waals surface area contributed by atoms with Crippen molar-refractivity contribution in [1.82, 2.24) is 15.1 Å². The van der Waals surface area contributed by atoms with E-state index in [9.17, 15) is 4.79 Å². The van der Waals surface area contributed by atoms with Gasteiger partial charge in [-0.2, -0.15) is 5.10 Å². The molecule has 0 aliphatic rings. The molecule has 0 spiro atoms. The Morgan fingerprint density at radius 1 is 1.42 bits per heavy atom. The number of aliphatic imine (C=N–C) groups is 1. The molecule has 1 aromatic heterocycles. The number of guanidine groups is 1. The predicted molar refractivity (Wildman–Crippen MR) is 95.4 cm³/mol. The van der Waals surface area contributed by atoms with Crippen LogP contribution in [0.25, 0.3) is 0 Å². The summed E-state index contributed by atoms with van der Waals surface area (Å²) in [6.45, 7) is 6.90. The van der Waals surface area contributed by atoms with Gasteiger partial charge in [0.15, 0.2) is 5.96 Å². The van der Waals surface area contributed by atoms with E-state index in [1.165, 1.54) is 0 Å². The summed E-state index contributed by atoms with van der Waals surface area (Å²) < 4.78 is 1.57. The van der Waals surface area contributed by atoms with Gasteiger partial charge in [0, 0.05) is 24.6 Å². The smallest absolute Gasteiger partial charge is 0.246 e. The van der Waals surface area contributed by atoms with E-state index in [1.807, 2.05) is 31.2 Å². The second-order valence-electron chi connectivity index (χ2n) is 5.46. The highest BCUT2D eigenvalue weighted by molar-refractivity contribution is 5.90. The number of nitrogens with one attached hydrogen (secondary N) is 2. The fraction of sp³-hybridized carbons (Fsp3) is 0.235. The van der Waals surface area contributed by atoms with Crippen LogP contribution >= 0.6 is 0 Å². The van der Waals surface area contributed by atoms with Gasteiger partial charge in [0.25, 0.3) is 0 Å². The predicted octanol–water partition coefficient (Wildman–Crippen LogP) is 1.50. The molecule has 0 fully saturated rings. The van der Waals surface area contributed by atoms with Crippen molar-refractivity contribution in [3.05, 3.63) is 60.4 Å². The molecule has 0 aliphatic heterocycles. The van der Waals surface area contributed by atoms with Gasteiger partial charge in [-0.15, -0.1) is 0 Å². The first kappa shape index (κ1) is 17.3. The third-order valence-corrected chi connectivity index (χ3v) is 3.08. The second kappa shape index (κ2) is 8.52. The van der Waals surface area contributed by atoms with Gasteiger partial charge < -0.3 is 16.4 Å². The summed E-state index contributed by atoms with van der Waals surface area (Å²) in [4.78, 5) is 16.2. The molecule has 1 aromatic carbocycles. The van der Waals surface area contributed by atoms with Crippen LogP contribution in [-0.2, 0) is 17.9 Å². The lowest BCUT2D eigenvalue weighted by Gasteiger charge is -2.08. The second-order valence-corrected chi connectivity index (χ2v) is 5.46. The molecule has 2 rings (SSSR count). The summed E-state index contributed by atoms with van der Waals surface area (Å²) in [7, 11) is 0. The van der Waals surface area contributed by atoms with Crippen molar-refractivity contribution in [1.29, 1.82) is 0 Å². The molecule has 0 aliphatic carbocycles. The van der Waals surface area contributed by atoms with Crippen molar-refractivity contribution in [2.45, 2.75) is 20.0 Å². The molecule has 0 unspecified atom stereocenters. The first-order chi connectivity index (χ1) is 11.5. The molecule has 1 heterocycles. The standard InChI is InChI=1S/C17H22N6O/c1-13(2)10-19-17(18)20-11-14-5-3-6-15(9-14)22-16(24)12-23-8-4-7-21-23/h3-9H,1,10-12H2,2H3,(H,22,24)(H3,18,19,20). The molecule has 0 atom stereocenters. The molecular formula is C17H22N6O. The Balaban J connectivity index is 1.89. The van der Waals surface area contributed by atoms with Crippen LogP contribution in [0.4, 0.5) is 5.69 Å². The average Bonchev–Trinajstić information content (AvgIpc) is 3.04. The Kier molecular flexibility index (Phi) is 6.13. The normalized spacial score (nSPS) is 11.1. The van der Waals surface area contributed by atoms with Gasteiger partial charge in [-0.1, -0.05) is 24.3 Å². The minimum Gasteiger partial charge on any atom is -0.370 e. The van der Waals surface area contributed by atoms with Crippen LogP contribution in [0, 0.1) is 0 Å². The highest BCUT2D eigenvalue weighted by Crippen LogP contribution is 2.11. The zero-order valence-electron chi connectivity index (χ0n) is 13.7. The minimum absolute atomic E-state index is 0.137. The number of nitrogens with zero attached hydrogens (tertiary/aromatic N) is 3. The maximum Gasteiger partial charge on any atom is 0.246 e. The lowest BCUT2D eigenvalue weighted by atomic mass is 10.2. The molecule has 24 heavy (non-hydrogen) atoms. The number of rotatable bonds is 7. The van der Waals surface area contributed by atoms with Crippen LogP contribution in [0.3, 0.4) is 0 Å². The molecule has 2 aromatic rings. The summed E-state index contributed by atoms with van der Waals surface area (Å²) in [5.74, 6) is 0.230. The monoisotopic (exact) mass is 326 g/mol. The van der Waals surface area contributed by atoms with Crippen LogP contribution in [0.15, 0.2) is 59.9 Å². The molecule has 7 heteroatoms. The summed E-state index contributed by atoms with van der Waals surface area (Å²) in [6.07, 6.45) is 3.38. The zero-order chi connectivity index (χ0) is 17.4. The number of anilines is 1. The van der Waals surface area contributed by atoms with Crippen LogP contribution in [0.5, 0.6) is 0 Å². The Hall–Kier alpha value is -3.09. The zero-order valence-corrected chi connectivity index (χ0v) is 13.7. The lowest BCUT2D eigenvalue weighted by Crippen LogP contribution is -2.32. The molecule has 0 bridgehead atoms.